The fourth-order valence-corrected chi connectivity index (χ4v) is 2.48. The predicted molar refractivity (Wildman–Crippen MR) is 117 cm³/mol. The zero-order valence-corrected chi connectivity index (χ0v) is 17.3. The summed E-state index contributed by atoms with van der Waals surface area (Å²) in [6.07, 6.45) is 3.85. The fraction of sp³-hybridized carbons (Fsp3) is 0.333. The molecule has 6 nitrogen and oxygen atoms in total. The van der Waals surface area contributed by atoms with Gasteiger partial charge in [-0.25, -0.2) is 0 Å². The molecule has 0 unspecified atom stereocenters. The molecule has 0 fully saturated rings. The highest BCUT2D eigenvalue weighted by Gasteiger charge is 2.03. The average molecular weight is 402 g/mol. The lowest BCUT2D eigenvalue weighted by atomic mass is 10.2. The van der Waals surface area contributed by atoms with Gasteiger partial charge in [0.05, 0.1) is 27.0 Å². The van der Waals surface area contributed by atoms with E-state index in [2.05, 4.69) is 22.8 Å². The number of rotatable bonds is 10. The Balaban J connectivity index is 1.77. The number of ether oxygens (including phenoxy) is 3. The van der Waals surface area contributed by atoms with E-state index in [0.29, 0.717) is 23.2 Å². The summed E-state index contributed by atoms with van der Waals surface area (Å²) in [6, 6.07) is 13.5. The van der Waals surface area contributed by atoms with Crippen LogP contribution in [0.15, 0.2) is 47.6 Å². The van der Waals surface area contributed by atoms with Gasteiger partial charge in [0.1, 0.15) is 5.75 Å². The molecule has 0 aliphatic heterocycles. The highest BCUT2D eigenvalue weighted by atomic mass is 32.1. The van der Waals surface area contributed by atoms with Crippen molar-refractivity contribution in [1.29, 1.82) is 0 Å². The number of nitrogens with one attached hydrogen (secondary N) is 2. The molecule has 0 aliphatic carbocycles. The topological polar surface area (TPSA) is 64.1 Å². The molecule has 2 aromatic carbocycles. The molecule has 28 heavy (non-hydrogen) atoms. The van der Waals surface area contributed by atoms with Crippen molar-refractivity contribution in [3.8, 4) is 17.2 Å². The number of thiocarbonyl (C=S) groups is 1. The monoisotopic (exact) mass is 401 g/mol. The smallest absolute Gasteiger partial charge is 0.187 e. The third kappa shape index (κ3) is 7.08. The number of unbranched alkanes of at least 4 members (excludes halogenated alkanes) is 1. The lowest BCUT2D eigenvalue weighted by Crippen LogP contribution is -2.31. The maximum absolute atomic E-state index is 5.66. The van der Waals surface area contributed by atoms with Gasteiger partial charge in [-0.2, -0.15) is 5.10 Å². The van der Waals surface area contributed by atoms with E-state index in [1.165, 1.54) is 0 Å². The number of benzene rings is 2. The van der Waals surface area contributed by atoms with Crippen LogP contribution in [0.5, 0.6) is 17.2 Å². The van der Waals surface area contributed by atoms with E-state index in [0.717, 1.165) is 36.3 Å². The van der Waals surface area contributed by atoms with Gasteiger partial charge in [0.25, 0.3) is 0 Å². The minimum absolute atomic E-state index is 0.444. The van der Waals surface area contributed by atoms with Crippen LogP contribution in [-0.2, 0) is 6.54 Å². The van der Waals surface area contributed by atoms with Crippen LogP contribution in [0.1, 0.15) is 30.9 Å². The highest BCUT2D eigenvalue weighted by molar-refractivity contribution is 7.80. The van der Waals surface area contributed by atoms with E-state index in [1.54, 1.807) is 20.4 Å². The van der Waals surface area contributed by atoms with Crippen molar-refractivity contribution in [1.82, 2.24) is 10.7 Å². The SMILES string of the molecule is CCCCOc1ccc(CNC(=S)N/N=C\c2ccc(OC)c(OC)c2)cc1. The van der Waals surface area contributed by atoms with Gasteiger partial charge in [-0.15, -0.1) is 0 Å². The molecule has 0 amide bonds. The summed E-state index contributed by atoms with van der Waals surface area (Å²) < 4.78 is 16.1. The Labute approximate surface area is 171 Å². The van der Waals surface area contributed by atoms with Crippen LogP contribution in [0.25, 0.3) is 0 Å². The molecule has 0 aromatic heterocycles. The molecular weight excluding hydrogens is 374 g/mol. The molecule has 0 saturated heterocycles. The van der Waals surface area contributed by atoms with Gasteiger partial charge in [-0.05, 0) is 60.1 Å². The summed E-state index contributed by atoms with van der Waals surface area (Å²) in [4.78, 5) is 0. The largest absolute Gasteiger partial charge is 0.494 e. The van der Waals surface area contributed by atoms with Gasteiger partial charge in [-0.1, -0.05) is 25.5 Å². The van der Waals surface area contributed by atoms with Gasteiger partial charge in [0.2, 0.25) is 0 Å². The zero-order valence-electron chi connectivity index (χ0n) is 16.5. The number of hydrogen-bond acceptors (Lipinski definition) is 5. The minimum Gasteiger partial charge on any atom is -0.494 e. The first-order valence-corrected chi connectivity index (χ1v) is 9.57. The summed E-state index contributed by atoms with van der Waals surface area (Å²) in [6.45, 7) is 3.50. The number of nitrogens with zero attached hydrogens (tertiary/aromatic N) is 1. The Morgan fingerprint density at radius 2 is 1.82 bits per heavy atom. The van der Waals surface area contributed by atoms with Crippen molar-refractivity contribution in [2.75, 3.05) is 20.8 Å². The Kier molecular flexibility index (Phi) is 9.07. The predicted octanol–water partition coefficient (Wildman–Crippen LogP) is 3.88. The van der Waals surface area contributed by atoms with Crippen LogP contribution < -0.4 is 25.0 Å². The van der Waals surface area contributed by atoms with Gasteiger partial charge < -0.3 is 19.5 Å². The van der Waals surface area contributed by atoms with Crippen LogP contribution in [0, 0.1) is 0 Å². The minimum atomic E-state index is 0.444. The normalized spacial score (nSPS) is 10.5. The lowest BCUT2D eigenvalue weighted by Gasteiger charge is -2.09. The highest BCUT2D eigenvalue weighted by Crippen LogP contribution is 2.26. The van der Waals surface area contributed by atoms with E-state index in [1.807, 2.05) is 42.5 Å². The molecular formula is C21H27N3O3S. The number of hydrogen-bond donors (Lipinski definition) is 2. The molecule has 0 aliphatic rings. The van der Waals surface area contributed by atoms with Crippen LogP contribution >= 0.6 is 12.2 Å². The Hall–Kier alpha value is -2.80. The lowest BCUT2D eigenvalue weighted by molar-refractivity contribution is 0.309. The van der Waals surface area contributed by atoms with Crippen LogP contribution in [0.2, 0.25) is 0 Å². The van der Waals surface area contributed by atoms with Gasteiger partial charge in [0, 0.05) is 6.54 Å². The van der Waals surface area contributed by atoms with E-state index >= 15 is 0 Å². The number of methoxy groups -OCH3 is 2. The zero-order chi connectivity index (χ0) is 20.2. The van der Waals surface area contributed by atoms with Crippen LogP contribution in [-0.4, -0.2) is 32.2 Å². The molecule has 150 valence electrons. The van der Waals surface area contributed by atoms with Crippen molar-refractivity contribution in [2.45, 2.75) is 26.3 Å². The van der Waals surface area contributed by atoms with Crippen molar-refractivity contribution in [3.05, 3.63) is 53.6 Å². The van der Waals surface area contributed by atoms with Gasteiger partial charge in [0.15, 0.2) is 16.6 Å². The Morgan fingerprint density at radius 1 is 1.07 bits per heavy atom. The van der Waals surface area contributed by atoms with E-state index in [9.17, 15) is 0 Å². The van der Waals surface area contributed by atoms with E-state index in [4.69, 9.17) is 26.4 Å². The van der Waals surface area contributed by atoms with E-state index in [-0.39, 0.29) is 0 Å². The molecule has 0 heterocycles. The first-order chi connectivity index (χ1) is 13.7. The molecule has 0 bridgehead atoms. The third-order valence-electron chi connectivity index (χ3n) is 3.93. The standard InChI is InChI=1S/C21H27N3O3S/c1-4-5-12-27-18-9-6-16(7-10-18)14-22-21(28)24-23-15-17-8-11-19(25-2)20(13-17)26-3/h6-11,13,15H,4-5,12,14H2,1-3H3,(H2,22,24,28)/b23-15-. The third-order valence-corrected chi connectivity index (χ3v) is 4.17. The molecule has 0 atom stereocenters. The molecule has 0 saturated carbocycles. The molecule has 0 radical (unpaired) electrons. The van der Waals surface area contributed by atoms with Crippen LogP contribution in [0.3, 0.4) is 0 Å². The van der Waals surface area contributed by atoms with Crippen molar-refractivity contribution >= 4 is 23.5 Å². The summed E-state index contributed by atoms with van der Waals surface area (Å²) >= 11 is 5.25. The Morgan fingerprint density at radius 3 is 2.50 bits per heavy atom. The molecule has 2 aromatic rings. The summed E-state index contributed by atoms with van der Waals surface area (Å²) in [7, 11) is 3.20. The van der Waals surface area contributed by atoms with Crippen molar-refractivity contribution in [3.63, 3.8) is 0 Å². The number of hydrazone groups is 1. The summed E-state index contributed by atoms with van der Waals surface area (Å²) in [5.74, 6) is 2.21. The molecule has 7 heteroatoms. The van der Waals surface area contributed by atoms with E-state index < -0.39 is 0 Å². The van der Waals surface area contributed by atoms with Gasteiger partial charge in [-0.3, -0.25) is 5.43 Å². The second kappa shape index (κ2) is 11.8. The van der Waals surface area contributed by atoms with Gasteiger partial charge >= 0.3 is 0 Å². The molecule has 2 rings (SSSR count). The fourth-order valence-electron chi connectivity index (χ4n) is 2.36. The van der Waals surface area contributed by atoms with Crippen molar-refractivity contribution in [2.24, 2.45) is 5.10 Å². The van der Waals surface area contributed by atoms with Crippen molar-refractivity contribution < 1.29 is 14.2 Å². The first-order valence-electron chi connectivity index (χ1n) is 9.17. The second-order valence-electron chi connectivity index (χ2n) is 6.01. The molecule has 2 N–H and O–H groups in total. The Bertz CT molecular complexity index is 779. The van der Waals surface area contributed by atoms with Crippen LogP contribution in [0.4, 0.5) is 0 Å². The first kappa shape index (κ1) is 21.5. The second-order valence-corrected chi connectivity index (χ2v) is 6.42. The quantitative estimate of drug-likeness (QED) is 0.273. The maximum Gasteiger partial charge on any atom is 0.187 e. The maximum atomic E-state index is 5.66. The molecule has 0 spiro atoms. The summed E-state index contributed by atoms with van der Waals surface area (Å²) in [5.41, 5.74) is 4.78. The average Bonchev–Trinajstić information content (AvgIpc) is 2.73. The summed E-state index contributed by atoms with van der Waals surface area (Å²) in [5, 5.41) is 7.71.